The Morgan fingerprint density at radius 1 is 1.39 bits per heavy atom. The first kappa shape index (κ1) is 17.4. The molecular formula is C16H24N2O5. The van der Waals surface area contributed by atoms with Crippen LogP contribution in [0.4, 0.5) is 4.79 Å². The molecule has 0 aromatic heterocycles. The van der Waals surface area contributed by atoms with E-state index in [9.17, 15) is 9.90 Å². The second kappa shape index (κ2) is 9.22. The number of aliphatic hydroxyl groups excluding tert-OH is 1. The minimum atomic E-state index is -0.790. The van der Waals surface area contributed by atoms with Crippen molar-refractivity contribution >= 4 is 6.03 Å². The van der Waals surface area contributed by atoms with Crippen molar-refractivity contribution in [2.45, 2.75) is 25.0 Å². The van der Waals surface area contributed by atoms with Crippen LogP contribution in [-0.2, 0) is 4.74 Å². The zero-order valence-electron chi connectivity index (χ0n) is 13.3. The van der Waals surface area contributed by atoms with Gasteiger partial charge in [0.05, 0.1) is 7.11 Å². The fourth-order valence-electron chi connectivity index (χ4n) is 2.23. The summed E-state index contributed by atoms with van der Waals surface area (Å²) in [5.74, 6) is 1.29. The van der Waals surface area contributed by atoms with E-state index < -0.39 is 6.10 Å². The van der Waals surface area contributed by atoms with Gasteiger partial charge in [-0.1, -0.05) is 6.07 Å². The van der Waals surface area contributed by atoms with E-state index in [1.807, 2.05) is 6.07 Å². The lowest BCUT2D eigenvalue weighted by Crippen LogP contribution is -2.47. The lowest BCUT2D eigenvalue weighted by Gasteiger charge is -2.23. The molecule has 3 N–H and O–H groups in total. The van der Waals surface area contributed by atoms with Gasteiger partial charge in [0.15, 0.2) is 0 Å². The third-order valence-electron chi connectivity index (χ3n) is 3.54. The number of rotatable bonds is 7. The Morgan fingerprint density at radius 2 is 2.13 bits per heavy atom. The summed E-state index contributed by atoms with van der Waals surface area (Å²) in [5.41, 5.74) is 0. The van der Waals surface area contributed by atoms with Crippen LogP contribution >= 0.6 is 0 Å². The van der Waals surface area contributed by atoms with E-state index in [1.54, 1.807) is 25.3 Å². The first-order chi connectivity index (χ1) is 11.2. The molecule has 0 unspecified atom stereocenters. The van der Waals surface area contributed by atoms with Gasteiger partial charge in [0.25, 0.3) is 0 Å². The second-order valence-corrected chi connectivity index (χ2v) is 5.38. The van der Waals surface area contributed by atoms with E-state index in [1.165, 1.54) is 0 Å². The fraction of sp³-hybridized carbons (Fsp3) is 0.562. The molecule has 2 rings (SSSR count). The Balaban J connectivity index is 1.63. The van der Waals surface area contributed by atoms with Crippen LogP contribution in [0.25, 0.3) is 0 Å². The zero-order valence-corrected chi connectivity index (χ0v) is 13.3. The Kier molecular flexibility index (Phi) is 6.96. The normalized spacial score (nSPS) is 16.4. The summed E-state index contributed by atoms with van der Waals surface area (Å²) in [6.07, 6.45) is 0.839. The van der Waals surface area contributed by atoms with Crippen LogP contribution in [0.3, 0.4) is 0 Å². The highest BCUT2D eigenvalue weighted by Crippen LogP contribution is 2.18. The molecule has 1 atom stereocenters. The minimum absolute atomic E-state index is 0.0880. The Labute approximate surface area is 135 Å². The van der Waals surface area contributed by atoms with Gasteiger partial charge < -0.3 is 30.0 Å². The Morgan fingerprint density at radius 3 is 2.87 bits per heavy atom. The fourth-order valence-corrected chi connectivity index (χ4v) is 2.23. The zero-order chi connectivity index (χ0) is 16.5. The maximum Gasteiger partial charge on any atom is 0.315 e. The molecule has 1 aliphatic heterocycles. The van der Waals surface area contributed by atoms with Gasteiger partial charge in [-0.25, -0.2) is 4.79 Å². The van der Waals surface area contributed by atoms with E-state index >= 15 is 0 Å². The van der Waals surface area contributed by atoms with Crippen molar-refractivity contribution < 1.29 is 24.1 Å². The number of nitrogens with one attached hydrogen (secondary N) is 2. The molecule has 0 aliphatic carbocycles. The summed E-state index contributed by atoms with van der Waals surface area (Å²) in [6, 6.07) is 6.98. The molecule has 7 heteroatoms. The Bertz CT molecular complexity index is 491. The number of carbonyl (C=O) groups is 1. The highest BCUT2D eigenvalue weighted by atomic mass is 16.5. The predicted molar refractivity (Wildman–Crippen MR) is 84.9 cm³/mol. The molecule has 0 radical (unpaired) electrons. The van der Waals surface area contributed by atoms with E-state index in [0.717, 1.165) is 12.8 Å². The first-order valence-corrected chi connectivity index (χ1v) is 7.74. The smallest absolute Gasteiger partial charge is 0.315 e. The summed E-state index contributed by atoms with van der Waals surface area (Å²) in [6.45, 7) is 1.55. The summed E-state index contributed by atoms with van der Waals surface area (Å²) >= 11 is 0. The topological polar surface area (TPSA) is 89.0 Å². The predicted octanol–water partition coefficient (Wildman–Crippen LogP) is 0.913. The van der Waals surface area contributed by atoms with Gasteiger partial charge in [0, 0.05) is 31.9 Å². The molecule has 7 nitrogen and oxygen atoms in total. The number of hydrogen-bond acceptors (Lipinski definition) is 5. The SMILES string of the molecule is COc1cccc(OC[C@@H](O)CNC(=O)NC2CCOCC2)c1. The van der Waals surface area contributed by atoms with Crippen molar-refractivity contribution in [3.63, 3.8) is 0 Å². The largest absolute Gasteiger partial charge is 0.497 e. The van der Waals surface area contributed by atoms with Gasteiger partial charge in [0.2, 0.25) is 0 Å². The van der Waals surface area contributed by atoms with Gasteiger partial charge in [0.1, 0.15) is 24.2 Å². The monoisotopic (exact) mass is 324 g/mol. The number of urea groups is 1. The number of methoxy groups -OCH3 is 1. The number of aliphatic hydroxyl groups is 1. The molecule has 23 heavy (non-hydrogen) atoms. The molecule has 2 amide bonds. The number of ether oxygens (including phenoxy) is 3. The minimum Gasteiger partial charge on any atom is -0.497 e. The molecule has 1 saturated heterocycles. The molecule has 0 bridgehead atoms. The van der Waals surface area contributed by atoms with Crippen LogP contribution < -0.4 is 20.1 Å². The average Bonchev–Trinajstić information content (AvgIpc) is 2.59. The molecule has 0 saturated carbocycles. The average molecular weight is 324 g/mol. The molecule has 1 fully saturated rings. The molecule has 1 aliphatic rings. The molecule has 1 aromatic rings. The van der Waals surface area contributed by atoms with E-state index in [2.05, 4.69) is 10.6 Å². The summed E-state index contributed by atoms with van der Waals surface area (Å²) in [5, 5.41) is 15.4. The molecular weight excluding hydrogens is 300 g/mol. The van der Waals surface area contributed by atoms with Gasteiger partial charge in [-0.05, 0) is 25.0 Å². The Hall–Kier alpha value is -1.99. The van der Waals surface area contributed by atoms with Crippen LogP contribution in [0.2, 0.25) is 0 Å². The number of hydrogen-bond donors (Lipinski definition) is 3. The van der Waals surface area contributed by atoms with Crippen molar-refractivity contribution in [2.75, 3.05) is 33.5 Å². The van der Waals surface area contributed by atoms with Gasteiger partial charge in [-0.15, -0.1) is 0 Å². The quantitative estimate of drug-likeness (QED) is 0.694. The number of benzene rings is 1. The van der Waals surface area contributed by atoms with Crippen LogP contribution in [0, 0.1) is 0 Å². The summed E-state index contributed by atoms with van der Waals surface area (Å²) in [4.78, 5) is 11.7. The number of carbonyl (C=O) groups excluding carboxylic acids is 1. The van der Waals surface area contributed by atoms with E-state index in [0.29, 0.717) is 24.7 Å². The molecule has 1 heterocycles. The summed E-state index contributed by atoms with van der Waals surface area (Å²) in [7, 11) is 1.58. The van der Waals surface area contributed by atoms with E-state index in [4.69, 9.17) is 14.2 Å². The number of amides is 2. The van der Waals surface area contributed by atoms with Crippen molar-refractivity contribution in [3.05, 3.63) is 24.3 Å². The lowest BCUT2D eigenvalue weighted by atomic mass is 10.1. The van der Waals surface area contributed by atoms with Crippen molar-refractivity contribution in [2.24, 2.45) is 0 Å². The third-order valence-corrected chi connectivity index (χ3v) is 3.54. The van der Waals surface area contributed by atoms with E-state index in [-0.39, 0.29) is 25.2 Å². The maximum absolute atomic E-state index is 11.7. The highest BCUT2D eigenvalue weighted by Gasteiger charge is 2.16. The molecule has 0 spiro atoms. The second-order valence-electron chi connectivity index (χ2n) is 5.38. The van der Waals surface area contributed by atoms with Gasteiger partial charge in [-0.2, -0.15) is 0 Å². The van der Waals surface area contributed by atoms with Crippen LogP contribution in [0.15, 0.2) is 24.3 Å². The van der Waals surface area contributed by atoms with Crippen LogP contribution in [0.1, 0.15) is 12.8 Å². The third kappa shape index (κ3) is 6.33. The summed E-state index contributed by atoms with van der Waals surface area (Å²) < 4.78 is 15.8. The molecule has 128 valence electrons. The van der Waals surface area contributed by atoms with Gasteiger partial charge in [-0.3, -0.25) is 0 Å². The highest BCUT2D eigenvalue weighted by molar-refractivity contribution is 5.74. The standard InChI is InChI=1S/C16H24N2O5/c1-21-14-3-2-4-15(9-14)23-11-13(19)10-17-16(20)18-12-5-7-22-8-6-12/h2-4,9,12-13,19H,5-8,10-11H2,1H3,(H2,17,18,20)/t13-/m0/s1. The van der Waals surface area contributed by atoms with Crippen LogP contribution in [0.5, 0.6) is 11.5 Å². The maximum atomic E-state index is 11.7. The van der Waals surface area contributed by atoms with Crippen molar-refractivity contribution in [1.82, 2.24) is 10.6 Å². The van der Waals surface area contributed by atoms with Crippen molar-refractivity contribution in [1.29, 1.82) is 0 Å². The van der Waals surface area contributed by atoms with Crippen molar-refractivity contribution in [3.8, 4) is 11.5 Å². The lowest BCUT2D eigenvalue weighted by molar-refractivity contribution is 0.0792. The first-order valence-electron chi connectivity index (χ1n) is 7.74. The van der Waals surface area contributed by atoms with Crippen LogP contribution in [-0.4, -0.2) is 56.8 Å². The van der Waals surface area contributed by atoms with Gasteiger partial charge >= 0.3 is 6.03 Å². The molecule has 1 aromatic carbocycles.